The molecule has 0 radical (unpaired) electrons. The van der Waals surface area contributed by atoms with Gasteiger partial charge in [-0.15, -0.1) is 0 Å². The maximum atomic E-state index is 13.5. The van der Waals surface area contributed by atoms with E-state index in [2.05, 4.69) is 5.32 Å². The molecule has 0 spiro atoms. The average molecular weight is 549 g/mol. The fourth-order valence-electron chi connectivity index (χ4n) is 3.13. The van der Waals surface area contributed by atoms with Crippen molar-refractivity contribution in [3.8, 4) is 0 Å². The molecule has 0 unspecified atom stereocenters. The monoisotopic (exact) mass is 547 g/mol. The summed E-state index contributed by atoms with van der Waals surface area (Å²) in [5, 5.41) is 3.85. The van der Waals surface area contributed by atoms with Crippen LogP contribution in [0.3, 0.4) is 0 Å². The highest BCUT2D eigenvalue weighted by Gasteiger charge is 2.30. The Morgan fingerprint density at radius 1 is 0.971 bits per heavy atom. The SMILES string of the molecule is CC[C@@H](C)NC(=O)[C@H](C)N(Cc1ccc(Cl)cc1)C(=O)CN(c1cc(Cl)cc(Cl)c1)S(C)(=O)=O. The minimum Gasteiger partial charge on any atom is -0.352 e. The molecule has 1 N–H and O–H groups in total. The summed E-state index contributed by atoms with van der Waals surface area (Å²) in [6, 6.07) is 10.2. The third kappa shape index (κ3) is 8.05. The fourth-order valence-corrected chi connectivity index (χ4v) is 4.61. The number of hydrogen-bond donors (Lipinski definition) is 1. The van der Waals surface area contributed by atoms with Crippen molar-refractivity contribution >= 4 is 62.3 Å². The molecule has 2 aromatic rings. The van der Waals surface area contributed by atoms with Gasteiger partial charge in [-0.3, -0.25) is 13.9 Å². The summed E-state index contributed by atoms with van der Waals surface area (Å²) in [5.41, 5.74) is 0.883. The number of hydrogen-bond acceptors (Lipinski definition) is 4. The predicted octanol–water partition coefficient (Wildman–Crippen LogP) is 4.74. The molecule has 34 heavy (non-hydrogen) atoms. The molecule has 0 saturated carbocycles. The van der Waals surface area contributed by atoms with Gasteiger partial charge in [0.2, 0.25) is 21.8 Å². The van der Waals surface area contributed by atoms with Crippen molar-refractivity contribution in [1.82, 2.24) is 10.2 Å². The Morgan fingerprint density at radius 3 is 2.03 bits per heavy atom. The molecule has 2 amide bonds. The van der Waals surface area contributed by atoms with Crippen LogP contribution in [0.25, 0.3) is 0 Å². The van der Waals surface area contributed by atoms with E-state index in [4.69, 9.17) is 34.8 Å². The summed E-state index contributed by atoms with van der Waals surface area (Å²) in [6.07, 6.45) is 1.71. The summed E-state index contributed by atoms with van der Waals surface area (Å²) in [5.74, 6) is -0.906. The molecule has 7 nitrogen and oxygen atoms in total. The zero-order valence-electron chi connectivity index (χ0n) is 19.4. The van der Waals surface area contributed by atoms with Crippen molar-refractivity contribution in [2.45, 2.75) is 45.8 Å². The number of rotatable bonds is 10. The van der Waals surface area contributed by atoms with Gasteiger partial charge >= 0.3 is 0 Å². The Hall–Kier alpha value is -2.00. The number of amides is 2. The number of sulfonamides is 1. The standard InChI is InChI=1S/C23H28Cl3N3O4S/c1-5-15(2)27-23(31)16(3)28(13-17-6-8-18(24)9-7-17)22(30)14-29(34(4,32)33)21-11-19(25)10-20(26)12-21/h6-12,15-16H,5,13-14H2,1-4H3,(H,27,31)/t15-,16+/m1/s1. The average Bonchev–Trinajstić information content (AvgIpc) is 2.74. The van der Waals surface area contributed by atoms with Crippen molar-refractivity contribution in [2.24, 2.45) is 0 Å². The molecule has 0 bridgehead atoms. The van der Waals surface area contributed by atoms with Crippen LogP contribution in [-0.2, 0) is 26.2 Å². The maximum Gasteiger partial charge on any atom is 0.244 e. The summed E-state index contributed by atoms with van der Waals surface area (Å²) in [4.78, 5) is 27.7. The number of nitrogens with one attached hydrogen (secondary N) is 1. The Morgan fingerprint density at radius 2 is 1.53 bits per heavy atom. The van der Waals surface area contributed by atoms with Gasteiger partial charge in [0.25, 0.3) is 0 Å². The van der Waals surface area contributed by atoms with Crippen LogP contribution >= 0.6 is 34.8 Å². The summed E-state index contributed by atoms with van der Waals surface area (Å²) in [6.45, 7) is 4.95. The Kier molecular flexibility index (Phi) is 10.1. The maximum absolute atomic E-state index is 13.5. The molecule has 0 aromatic heterocycles. The summed E-state index contributed by atoms with van der Waals surface area (Å²) < 4.78 is 26.1. The molecular formula is C23H28Cl3N3O4S. The van der Waals surface area contributed by atoms with Crippen molar-refractivity contribution in [2.75, 3.05) is 17.1 Å². The molecule has 0 aliphatic carbocycles. The second-order valence-corrected chi connectivity index (χ2v) is 11.3. The molecule has 186 valence electrons. The van der Waals surface area contributed by atoms with Gasteiger partial charge in [-0.05, 0) is 56.2 Å². The molecular weight excluding hydrogens is 521 g/mol. The van der Waals surface area contributed by atoms with Gasteiger partial charge in [-0.25, -0.2) is 8.42 Å². The molecule has 2 rings (SSSR count). The van der Waals surface area contributed by atoms with Crippen molar-refractivity contribution in [1.29, 1.82) is 0 Å². The second-order valence-electron chi connectivity index (χ2n) is 8.04. The van der Waals surface area contributed by atoms with Crippen molar-refractivity contribution in [3.05, 3.63) is 63.1 Å². The summed E-state index contributed by atoms with van der Waals surface area (Å²) >= 11 is 18.1. The molecule has 0 saturated heterocycles. The predicted molar refractivity (Wildman–Crippen MR) is 138 cm³/mol. The van der Waals surface area contributed by atoms with Crippen LogP contribution in [0.2, 0.25) is 15.1 Å². The van der Waals surface area contributed by atoms with Crippen molar-refractivity contribution < 1.29 is 18.0 Å². The molecule has 2 atom stereocenters. The highest BCUT2D eigenvalue weighted by Crippen LogP contribution is 2.27. The summed E-state index contributed by atoms with van der Waals surface area (Å²) in [7, 11) is -3.88. The van der Waals surface area contributed by atoms with Crippen LogP contribution in [0.4, 0.5) is 5.69 Å². The number of nitrogens with zero attached hydrogens (tertiary/aromatic N) is 2. The van der Waals surface area contributed by atoms with Gasteiger partial charge in [0, 0.05) is 27.7 Å². The largest absolute Gasteiger partial charge is 0.352 e. The number of carbonyl (C=O) groups excluding carboxylic acids is 2. The minimum absolute atomic E-state index is 0.0800. The van der Waals surface area contributed by atoms with E-state index in [-0.39, 0.29) is 34.2 Å². The molecule has 11 heteroatoms. The van der Waals surface area contributed by atoms with E-state index >= 15 is 0 Å². The first-order valence-corrected chi connectivity index (χ1v) is 13.6. The number of anilines is 1. The van der Waals surface area contributed by atoms with Crippen LogP contribution in [0.5, 0.6) is 0 Å². The molecule has 0 fully saturated rings. The van der Waals surface area contributed by atoms with Crippen LogP contribution < -0.4 is 9.62 Å². The van der Waals surface area contributed by atoms with E-state index in [0.29, 0.717) is 5.02 Å². The topological polar surface area (TPSA) is 86.8 Å². The Bertz CT molecular complexity index is 1110. The lowest BCUT2D eigenvalue weighted by molar-refractivity contribution is -0.139. The smallest absolute Gasteiger partial charge is 0.244 e. The lowest BCUT2D eigenvalue weighted by Crippen LogP contribution is -2.52. The normalized spacial score (nSPS) is 13.1. The number of benzene rings is 2. The zero-order valence-corrected chi connectivity index (χ0v) is 22.5. The van der Waals surface area contributed by atoms with Crippen LogP contribution in [0.1, 0.15) is 32.8 Å². The highest BCUT2D eigenvalue weighted by molar-refractivity contribution is 7.92. The van der Waals surface area contributed by atoms with E-state index in [1.165, 1.54) is 23.1 Å². The van der Waals surface area contributed by atoms with Crippen LogP contribution in [0, 0.1) is 0 Å². The first-order chi connectivity index (χ1) is 15.8. The third-order valence-corrected chi connectivity index (χ3v) is 7.08. The van der Waals surface area contributed by atoms with Gasteiger partial charge in [-0.1, -0.05) is 53.9 Å². The quantitative estimate of drug-likeness (QED) is 0.464. The number of halogens is 3. The van der Waals surface area contributed by atoms with E-state index in [0.717, 1.165) is 22.5 Å². The van der Waals surface area contributed by atoms with E-state index in [1.54, 1.807) is 31.2 Å². The first kappa shape index (κ1) is 28.2. The van der Waals surface area contributed by atoms with E-state index in [1.807, 2.05) is 13.8 Å². The Balaban J connectivity index is 2.41. The minimum atomic E-state index is -3.88. The van der Waals surface area contributed by atoms with E-state index in [9.17, 15) is 18.0 Å². The van der Waals surface area contributed by atoms with Gasteiger partial charge in [0.05, 0.1) is 11.9 Å². The lowest BCUT2D eigenvalue weighted by Gasteiger charge is -2.32. The molecule has 0 aliphatic rings. The van der Waals surface area contributed by atoms with Crippen LogP contribution in [-0.4, -0.2) is 50.0 Å². The first-order valence-electron chi connectivity index (χ1n) is 10.6. The highest BCUT2D eigenvalue weighted by atomic mass is 35.5. The van der Waals surface area contributed by atoms with Crippen LogP contribution in [0.15, 0.2) is 42.5 Å². The fraction of sp³-hybridized carbons (Fsp3) is 0.391. The van der Waals surface area contributed by atoms with Gasteiger partial charge in [-0.2, -0.15) is 0 Å². The van der Waals surface area contributed by atoms with Gasteiger partial charge in [0.15, 0.2) is 0 Å². The van der Waals surface area contributed by atoms with Crippen molar-refractivity contribution in [3.63, 3.8) is 0 Å². The third-order valence-electron chi connectivity index (χ3n) is 5.25. The molecule has 0 aliphatic heterocycles. The molecule has 0 heterocycles. The molecule has 2 aromatic carbocycles. The zero-order chi connectivity index (χ0) is 25.6. The second kappa shape index (κ2) is 12.1. The van der Waals surface area contributed by atoms with Gasteiger partial charge in [0.1, 0.15) is 12.6 Å². The van der Waals surface area contributed by atoms with E-state index < -0.39 is 28.5 Å². The Labute approximate surface area is 216 Å². The lowest BCUT2D eigenvalue weighted by atomic mass is 10.1. The van der Waals surface area contributed by atoms with Gasteiger partial charge < -0.3 is 10.2 Å². The number of carbonyl (C=O) groups is 2.